The van der Waals surface area contributed by atoms with Crippen LogP contribution in [0.3, 0.4) is 0 Å². The van der Waals surface area contributed by atoms with E-state index < -0.39 is 24.2 Å². The third kappa shape index (κ3) is 2.40. The monoisotopic (exact) mass is 189 g/mol. The number of rotatable bonds is 3. The number of hydrogen-bond donors (Lipinski definition) is 3. The normalized spacial score (nSPS) is 34.0. The summed E-state index contributed by atoms with van der Waals surface area (Å²) in [6, 6.07) is -0.899. The van der Waals surface area contributed by atoms with Crippen LogP contribution in [0.5, 0.6) is 0 Å². The number of aliphatic hydroxyl groups is 1. The molecule has 1 heterocycles. The molecule has 3 atom stereocenters. The molecule has 0 aromatic rings. The molecule has 0 bridgehead atoms. The summed E-state index contributed by atoms with van der Waals surface area (Å²) in [5.41, 5.74) is 0. The molecular weight excluding hydrogens is 174 g/mol. The third-order valence-corrected chi connectivity index (χ3v) is 1.97. The van der Waals surface area contributed by atoms with Crippen LogP contribution < -0.4 is 5.32 Å². The van der Waals surface area contributed by atoms with Crippen LogP contribution in [0.15, 0.2) is 0 Å². The first-order valence-electron chi connectivity index (χ1n) is 4.32. The molecule has 0 aliphatic carbocycles. The Balaban J connectivity index is 2.50. The second kappa shape index (κ2) is 4.04. The highest BCUT2D eigenvalue weighted by Crippen LogP contribution is 2.13. The summed E-state index contributed by atoms with van der Waals surface area (Å²) < 4.78 is 5.33. The standard InChI is InChI=1S/C8H15NO4/c1-4(2)13-5-3-9-6(7(5)10)8(11)12/h4-7,9-10H,3H2,1-2H3,(H,11,12)/t5-,6-,7+/m0/s1. The van der Waals surface area contributed by atoms with Crippen molar-refractivity contribution in [2.24, 2.45) is 0 Å². The SMILES string of the molecule is CC(C)O[C@H]1CN[C@H](C(=O)O)[C@@H]1O. The molecule has 0 aromatic carbocycles. The van der Waals surface area contributed by atoms with E-state index in [1.54, 1.807) is 0 Å². The molecule has 1 saturated heterocycles. The van der Waals surface area contributed by atoms with Gasteiger partial charge in [-0.3, -0.25) is 10.1 Å². The minimum Gasteiger partial charge on any atom is -0.480 e. The van der Waals surface area contributed by atoms with Gasteiger partial charge in [0, 0.05) is 6.54 Å². The molecule has 0 aromatic heterocycles. The first-order chi connectivity index (χ1) is 6.02. The third-order valence-electron chi connectivity index (χ3n) is 1.97. The molecule has 76 valence electrons. The highest BCUT2D eigenvalue weighted by molar-refractivity contribution is 5.74. The molecule has 5 nitrogen and oxygen atoms in total. The molecule has 0 unspecified atom stereocenters. The fourth-order valence-electron chi connectivity index (χ4n) is 1.41. The van der Waals surface area contributed by atoms with Crippen molar-refractivity contribution >= 4 is 5.97 Å². The Labute approximate surface area is 76.7 Å². The molecule has 13 heavy (non-hydrogen) atoms. The van der Waals surface area contributed by atoms with Crippen molar-refractivity contribution < 1.29 is 19.7 Å². The Morgan fingerprint density at radius 1 is 1.62 bits per heavy atom. The van der Waals surface area contributed by atoms with Crippen LogP contribution in [0.4, 0.5) is 0 Å². The molecule has 1 aliphatic heterocycles. The van der Waals surface area contributed by atoms with Gasteiger partial charge in [0.1, 0.15) is 12.1 Å². The van der Waals surface area contributed by atoms with Crippen molar-refractivity contribution in [1.82, 2.24) is 5.32 Å². The molecule has 3 N–H and O–H groups in total. The second-order valence-corrected chi connectivity index (χ2v) is 3.44. The van der Waals surface area contributed by atoms with E-state index in [1.807, 2.05) is 13.8 Å². The Morgan fingerprint density at radius 3 is 2.62 bits per heavy atom. The van der Waals surface area contributed by atoms with Crippen LogP contribution in [0.25, 0.3) is 0 Å². The lowest BCUT2D eigenvalue weighted by Gasteiger charge is -2.18. The highest BCUT2D eigenvalue weighted by Gasteiger charge is 2.39. The van der Waals surface area contributed by atoms with Crippen molar-refractivity contribution in [3.05, 3.63) is 0 Å². The van der Waals surface area contributed by atoms with Crippen LogP contribution in [0, 0.1) is 0 Å². The number of ether oxygens (including phenoxy) is 1. The van der Waals surface area contributed by atoms with Gasteiger partial charge < -0.3 is 14.9 Å². The number of carboxylic acid groups (broad SMARTS) is 1. The van der Waals surface area contributed by atoms with Gasteiger partial charge in [0.05, 0.1) is 12.2 Å². The molecule has 1 rings (SSSR count). The predicted octanol–water partition coefficient (Wildman–Crippen LogP) is -0.803. The van der Waals surface area contributed by atoms with Gasteiger partial charge >= 0.3 is 5.97 Å². The maximum atomic E-state index is 10.6. The van der Waals surface area contributed by atoms with Crippen molar-refractivity contribution in [3.8, 4) is 0 Å². The predicted molar refractivity (Wildman–Crippen MR) is 45.4 cm³/mol. The average Bonchev–Trinajstić information content (AvgIpc) is 2.32. The minimum absolute atomic E-state index is 0.00556. The fraction of sp³-hybridized carbons (Fsp3) is 0.875. The quantitative estimate of drug-likeness (QED) is 0.541. The largest absolute Gasteiger partial charge is 0.480 e. The average molecular weight is 189 g/mol. The van der Waals surface area contributed by atoms with Gasteiger partial charge in [-0.25, -0.2) is 0 Å². The number of carbonyl (C=O) groups is 1. The van der Waals surface area contributed by atoms with E-state index in [-0.39, 0.29) is 6.10 Å². The first-order valence-corrected chi connectivity index (χ1v) is 4.32. The highest BCUT2D eigenvalue weighted by atomic mass is 16.5. The molecule has 1 aliphatic rings. The van der Waals surface area contributed by atoms with Crippen molar-refractivity contribution in [2.45, 2.75) is 38.2 Å². The topological polar surface area (TPSA) is 78.8 Å². The van der Waals surface area contributed by atoms with Gasteiger partial charge in [-0.1, -0.05) is 0 Å². The van der Waals surface area contributed by atoms with Crippen LogP contribution in [-0.2, 0) is 9.53 Å². The summed E-state index contributed by atoms with van der Waals surface area (Å²) in [5, 5.41) is 20.8. The number of hydrogen-bond acceptors (Lipinski definition) is 4. The zero-order valence-electron chi connectivity index (χ0n) is 7.73. The molecule has 0 spiro atoms. The fourth-order valence-corrected chi connectivity index (χ4v) is 1.41. The zero-order valence-corrected chi connectivity index (χ0v) is 7.73. The van der Waals surface area contributed by atoms with E-state index in [0.29, 0.717) is 6.54 Å². The first kappa shape index (κ1) is 10.4. The molecule has 0 amide bonds. The zero-order chi connectivity index (χ0) is 10.0. The van der Waals surface area contributed by atoms with E-state index in [1.165, 1.54) is 0 Å². The van der Waals surface area contributed by atoms with E-state index in [9.17, 15) is 9.90 Å². The van der Waals surface area contributed by atoms with Crippen molar-refractivity contribution in [1.29, 1.82) is 0 Å². The Morgan fingerprint density at radius 2 is 2.23 bits per heavy atom. The summed E-state index contributed by atoms with van der Waals surface area (Å²) in [5.74, 6) is -1.04. The molecule has 0 radical (unpaired) electrons. The van der Waals surface area contributed by atoms with E-state index in [4.69, 9.17) is 9.84 Å². The van der Waals surface area contributed by atoms with Gasteiger partial charge in [-0.2, -0.15) is 0 Å². The van der Waals surface area contributed by atoms with Crippen LogP contribution >= 0.6 is 0 Å². The lowest BCUT2D eigenvalue weighted by Crippen LogP contribution is -2.40. The van der Waals surface area contributed by atoms with Crippen LogP contribution in [0.2, 0.25) is 0 Å². The number of aliphatic hydroxyl groups excluding tert-OH is 1. The number of nitrogens with one attached hydrogen (secondary N) is 1. The van der Waals surface area contributed by atoms with Crippen LogP contribution in [-0.4, -0.2) is 47.1 Å². The Kier molecular flexibility index (Phi) is 3.24. The van der Waals surface area contributed by atoms with Crippen molar-refractivity contribution in [2.75, 3.05) is 6.54 Å². The smallest absolute Gasteiger partial charge is 0.323 e. The molecule has 0 saturated carbocycles. The van der Waals surface area contributed by atoms with Gasteiger partial charge in [0.15, 0.2) is 0 Å². The number of carboxylic acids is 1. The summed E-state index contributed by atoms with van der Waals surface area (Å²) >= 11 is 0. The van der Waals surface area contributed by atoms with E-state index in [2.05, 4.69) is 5.32 Å². The molecular formula is C8H15NO4. The Bertz CT molecular complexity index is 195. The van der Waals surface area contributed by atoms with Gasteiger partial charge in [-0.15, -0.1) is 0 Å². The van der Waals surface area contributed by atoms with E-state index in [0.717, 1.165) is 0 Å². The maximum Gasteiger partial charge on any atom is 0.323 e. The van der Waals surface area contributed by atoms with Gasteiger partial charge in [-0.05, 0) is 13.8 Å². The summed E-state index contributed by atoms with van der Waals surface area (Å²) in [6.07, 6.45) is -1.38. The summed E-state index contributed by atoms with van der Waals surface area (Å²) in [7, 11) is 0. The van der Waals surface area contributed by atoms with Crippen LogP contribution in [0.1, 0.15) is 13.8 Å². The minimum atomic E-state index is -1.04. The number of aliphatic carboxylic acids is 1. The lowest BCUT2D eigenvalue weighted by atomic mass is 10.1. The summed E-state index contributed by atoms with van der Waals surface area (Å²) in [4.78, 5) is 10.6. The second-order valence-electron chi connectivity index (χ2n) is 3.44. The van der Waals surface area contributed by atoms with Gasteiger partial charge in [0.2, 0.25) is 0 Å². The van der Waals surface area contributed by atoms with Gasteiger partial charge in [0.25, 0.3) is 0 Å². The van der Waals surface area contributed by atoms with E-state index >= 15 is 0 Å². The Hall–Kier alpha value is -0.650. The molecule has 1 fully saturated rings. The lowest BCUT2D eigenvalue weighted by molar-refractivity contribution is -0.143. The summed E-state index contributed by atoms with van der Waals surface area (Å²) in [6.45, 7) is 4.08. The maximum absolute atomic E-state index is 10.6. The molecule has 5 heteroatoms. The van der Waals surface area contributed by atoms with Crippen molar-refractivity contribution in [3.63, 3.8) is 0 Å².